The van der Waals surface area contributed by atoms with Gasteiger partial charge in [-0.2, -0.15) is 0 Å². The maximum absolute atomic E-state index is 4.39. The molecule has 3 heteroatoms. The molecule has 0 saturated heterocycles. The van der Waals surface area contributed by atoms with Crippen LogP contribution in [0.4, 0.5) is 0 Å². The van der Waals surface area contributed by atoms with Crippen molar-refractivity contribution >= 4 is 22.2 Å². The first-order valence-corrected chi connectivity index (χ1v) is 5.98. The van der Waals surface area contributed by atoms with E-state index in [2.05, 4.69) is 34.4 Å². The molecule has 2 nitrogen and oxygen atoms in total. The van der Waals surface area contributed by atoms with Crippen molar-refractivity contribution < 1.29 is 0 Å². The molecule has 3 aromatic rings. The van der Waals surface area contributed by atoms with E-state index in [0.717, 1.165) is 16.6 Å². The quantitative estimate of drug-likeness (QED) is 0.632. The second-order valence-corrected chi connectivity index (χ2v) is 4.64. The summed E-state index contributed by atoms with van der Waals surface area (Å²) >= 11 is 1.73. The summed E-state index contributed by atoms with van der Waals surface area (Å²) in [6.07, 6.45) is 1.63. The van der Waals surface area contributed by atoms with Crippen LogP contribution in [0.15, 0.2) is 42.0 Å². The zero-order valence-electron chi connectivity index (χ0n) is 8.84. The maximum Gasteiger partial charge on any atom is 0.116 e. The Kier molecular flexibility index (Phi) is 2.18. The second kappa shape index (κ2) is 3.68. The van der Waals surface area contributed by atoms with E-state index < -0.39 is 0 Å². The number of fused-ring (bicyclic) bond motifs is 1. The van der Waals surface area contributed by atoms with Crippen molar-refractivity contribution in [2.24, 2.45) is 0 Å². The Hall–Kier alpha value is -1.74. The monoisotopic (exact) mass is 226 g/mol. The van der Waals surface area contributed by atoms with Crippen LogP contribution < -0.4 is 0 Å². The molecule has 3 rings (SSSR count). The lowest BCUT2D eigenvalue weighted by Gasteiger charge is -2.01. The van der Waals surface area contributed by atoms with E-state index in [4.69, 9.17) is 0 Å². The number of hydrogen-bond donors (Lipinski definition) is 0. The molecule has 0 saturated carbocycles. The topological polar surface area (TPSA) is 25.8 Å². The number of rotatable bonds is 1. The van der Waals surface area contributed by atoms with Crippen molar-refractivity contribution in [3.05, 3.63) is 47.6 Å². The van der Waals surface area contributed by atoms with Gasteiger partial charge in [-0.25, -0.2) is 9.97 Å². The van der Waals surface area contributed by atoms with E-state index in [0.29, 0.717) is 0 Å². The lowest BCUT2D eigenvalue weighted by Crippen LogP contribution is -1.86. The summed E-state index contributed by atoms with van der Waals surface area (Å²) in [4.78, 5) is 9.86. The van der Waals surface area contributed by atoms with Crippen LogP contribution >= 0.6 is 11.3 Å². The summed E-state index contributed by atoms with van der Waals surface area (Å²) in [5.74, 6) is 0. The number of hydrogen-bond acceptors (Lipinski definition) is 3. The highest BCUT2D eigenvalue weighted by atomic mass is 32.1. The minimum Gasteiger partial charge on any atom is -0.236 e. The highest BCUT2D eigenvalue weighted by molar-refractivity contribution is 7.13. The molecule has 2 heterocycles. The number of benzene rings is 1. The highest BCUT2D eigenvalue weighted by Crippen LogP contribution is 2.29. The van der Waals surface area contributed by atoms with Crippen molar-refractivity contribution in [3.63, 3.8) is 0 Å². The van der Waals surface area contributed by atoms with E-state index in [1.54, 1.807) is 17.7 Å². The zero-order chi connectivity index (χ0) is 11.0. The molecule has 0 atom stereocenters. The van der Waals surface area contributed by atoms with Crippen molar-refractivity contribution in [2.45, 2.75) is 6.92 Å². The molecular formula is C13H10N2S. The van der Waals surface area contributed by atoms with Gasteiger partial charge in [-0.05, 0) is 30.0 Å². The summed E-state index contributed by atoms with van der Waals surface area (Å²) in [7, 11) is 0. The molecule has 1 aromatic carbocycles. The average molecular weight is 226 g/mol. The van der Waals surface area contributed by atoms with Crippen LogP contribution in [-0.2, 0) is 0 Å². The minimum absolute atomic E-state index is 0.999. The van der Waals surface area contributed by atoms with Gasteiger partial charge in [0.25, 0.3) is 0 Å². The molecule has 0 bridgehead atoms. The van der Waals surface area contributed by atoms with E-state index >= 15 is 0 Å². The first kappa shape index (κ1) is 9.48. The molecule has 16 heavy (non-hydrogen) atoms. The lowest BCUT2D eigenvalue weighted by molar-refractivity contribution is 1.23. The zero-order valence-corrected chi connectivity index (χ0v) is 9.66. The standard InChI is InChI=1S/C13H10N2S/c1-9-6-12(16-7-9)13-10-4-2-3-5-11(10)14-8-15-13/h2-8H,1H3. The van der Waals surface area contributed by atoms with E-state index in [9.17, 15) is 0 Å². The molecule has 0 radical (unpaired) electrons. The van der Waals surface area contributed by atoms with Crippen LogP contribution in [0.2, 0.25) is 0 Å². The third-order valence-electron chi connectivity index (χ3n) is 2.51. The largest absolute Gasteiger partial charge is 0.236 e. The van der Waals surface area contributed by atoms with Gasteiger partial charge in [-0.3, -0.25) is 0 Å². The number of aromatic nitrogens is 2. The van der Waals surface area contributed by atoms with Gasteiger partial charge in [0.15, 0.2) is 0 Å². The summed E-state index contributed by atoms with van der Waals surface area (Å²) in [6, 6.07) is 10.3. The van der Waals surface area contributed by atoms with Gasteiger partial charge in [0.05, 0.1) is 16.1 Å². The van der Waals surface area contributed by atoms with E-state index in [1.807, 2.05) is 18.2 Å². The first-order chi connectivity index (χ1) is 7.84. The Morgan fingerprint density at radius 3 is 2.81 bits per heavy atom. The van der Waals surface area contributed by atoms with Crippen LogP contribution in [0.25, 0.3) is 21.5 Å². The number of nitrogens with zero attached hydrogens (tertiary/aromatic N) is 2. The van der Waals surface area contributed by atoms with E-state index in [1.165, 1.54) is 10.4 Å². The van der Waals surface area contributed by atoms with Crippen LogP contribution in [0.5, 0.6) is 0 Å². The molecule has 0 aliphatic carbocycles. The van der Waals surface area contributed by atoms with Gasteiger partial charge in [0.2, 0.25) is 0 Å². The molecule has 0 fully saturated rings. The van der Waals surface area contributed by atoms with Crippen LogP contribution in [0.1, 0.15) is 5.56 Å². The predicted molar refractivity (Wildman–Crippen MR) is 67.6 cm³/mol. The molecule has 0 aliphatic rings. The lowest BCUT2D eigenvalue weighted by atomic mass is 10.1. The maximum atomic E-state index is 4.39. The molecule has 78 valence electrons. The number of para-hydroxylation sites is 1. The van der Waals surface area contributed by atoms with Crippen molar-refractivity contribution in [3.8, 4) is 10.6 Å². The molecule has 0 amide bonds. The Morgan fingerprint density at radius 1 is 1.12 bits per heavy atom. The smallest absolute Gasteiger partial charge is 0.116 e. The van der Waals surface area contributed by atoms with Crippen LogP contribution in [0, 0.1) is 6.92 Å². The Bertz CT molecular complexity index is 638. The van der Waals surface area contributed by atoms with Gasteiger partial charge in [0, 0.05) is 5.39 Å². The Labute approximate surface area is 97.6 Å². The highest BCUT2D eigenvalue weighted by Gasteiger charge is 2.07. The molecule has 0 N–H and O–H groups in total. The van der Waals surface area contributed by atoms with Crippen molar-refractivity contribution in [1.82, 2.24) is 9.97 Å². The summed E-state index contributed by atoms with van der Waals surface area (Å²) in [6.45, 7) is 2.10. The summed E-state index contributed by atoms with van der Waals surface area (Å²) in [5.41, 5.74) is 3.31. The van der Waals surface area contributed by atoms with Crippen LogP contribution in [-0.4, -0.2) is 9.97 Å². The Morgan fingerprint density at radius 2 is 2.00 bits per heavy atom. The number of aryl methyl sites for hydroxylation is 1. The Balaban J connectivity index is 2.31. The van der Waals surface area contributed by atoms with Gasteiger partial charge >= 0.3 is 0 Å². The normalized spacial score (nSPS) is 10.8. The predicted octanol–water partition coefficient (Wildman–Crippen LogP) is 3.67. The second-order valence-electron chi connectivity index (χ2n) is 3.73. The SMILES string of the molecule is Cc1csc(-c2ncnc3ccccc23)c1. The fraction of sp³-hybridized carbons (Fsp3) is 0.0769. The third-order valence-corrected chi connectivity index (χ3v) is 3.56. The van der Waals surface area contributed by atoms with Gasteiger partial charge in [-0.15, -0.1) is 11.3 Å². The van der Waals surface area contributed by atoms with Gasteiger partial charge in [-0.1, -0.05) is 18.2 Å². The summed E-state index contributed by atoms with van der Waals surface area (Å²) < 4.78 is 0. The number of thiophene rings is 1. The molecule has 0 unspecified atom stereocenters. The third kappa shape index (κ3) is 1.49. The molecular weight excluding hydrogens is 216 g/mol. The average Bonchev–Trinajstić information content (AvgIpc) is 2.75. The molecule has 0 aliphatic heterocycles. The summed E-state index contributed by atoms with van der Waals surface area (Å²) in [5, 5.41) is 3.26. The fourth-order valence-corrected chi connectivity index (χ4v) is 2.67. The first-order valence-electron chi connectivity index (χ1n) is 5.10. The molecule has 2 aromatic heterocycles. The molecule has 0 spiro atoms. The van der Waals surface area contributed by atoms with E-state index in [-0.39, 0.29) is 0 Å². The minimum atomic E-state index is 0.999. The van der Waals surface area contributed by atoms with Crippen molar-refractivity contribution in [2.75, 3.05) is 0 Å². The van der Waals surface area contributed by atoms with Gasteiger partial charge in [0.1, 0.15) is 6.33 Å². The fourth-order valence-electron chi connectivity index (χ4n) is 1.76. The van der Waals surface area contributed by atoms with Crippen LogP contribution in [0.3, 0.4) is 0 Å². The van der Waals surface area contributed by atoms with Crippen molar-refractivity contribution in [1.29, 1.82) is 0 Å². The van der Waals surface area contributed by atoms with Gasteiger partial charge < -0.3 is 0 Å².